The van der Waals surface area contributed by atoms with Gasteiger partial charge in [0.15, 0.2) is 0 Å². The number of hydrogen-bond acceptors (Lipinski definition) is 0. The molecule has 1 aliphatic carbocycles. The fourth-order valence-electron chi connectivity index (χ4n) is 2.56. The van der Waals surface area contributed by atoms with Crippen molar-refractivity contribution in [1.29, 1.82) is 0 Å². The van der Waals surface area contributed by atoms with Crippen LogP contribution in [-0.2, 0) is 0 Å². The molecule has 2 heteroatoms. The largest absolute Gasteiger partial charge is 0.126 e. The molecule has 0 N–H and O–H groups in total. The summed E-state index contributed by atoms with van der Waals surface area (Å²) in [5, 5.41) is 0. The van der Waals surface area contributed by atoms with Crippen LogP contribution in [0.4, 0.5) is 0 Å². The average Bonchev–Trinajstić information content (AvgIpc) is 2.75. The molecule has 0 spiro atoms. The van der Waals surface area contributed by atoms with Gasteiger partial charge in [-0.25, -0.2) is 0 Å². The molecule has 0 nitrogen and oxygen atoms in total. The van der Waals surface area contributed by atoms with E-state index in [4.69, 9.17) is 11.6 Å². The second kappa shape index (κ2) is 5.36. The van der Waals surface area contributed by atoms with Gasteiger partial charge in [-0.05, 0) is 36.5 Å². The molecule has 0 radical (unpaired) electrons. The molecule has 1 aliphatic rings. The first-order valence-electron chi connectivity index (χ1n) is 5.62. The highest BCUT2D eigenvalue weighted by Crippen LogP contribution is 2.38. The number of benzene rings is 1. The minimum atomic E-state index is 0.558. The highest BCUT2D eigenvalue weighted by Gasteiger charge is 2.25. The zero-order valence-electron chi connectivity index (χ0n) is 8.76. The van der Waals surface area contributed by atoms with Gasteiger partial charge in [-0.1, -0.05) is 40.9 Å². The fourth-order valence-corrected chi connectivity index (χ4v) is 3.25. The summed E-state index contributed by atoms with van der Waals surface area (Å²) in [6.45, 7) is 0. The zero-order chi connectivity index (χ0) is 10.7. The van der Waals surface area contributed by atoms with Crippen LogP contribution in [0.1, 0.15) is 37.2 Å². The van der Waals surface area contributed by atoms with Gasteiger partial charge in [-0.2, -0.15) is 0 Å². The average molecular weight is 288 g/mol. The molecule has 0 saturated heterocycles. The van der Waals surface area contributed by atoms with Crippen LogP contribution in [0.15, 0.2) is 28.7 Å². The van der Waals surface area contributed by atoms with Crippen molar-refractivity contribution in [2.75, 3.05) is 5.88 Å². The van der Waals surface area contributed by atoms with Crippen LogP contribution >= 0.6 is 27.5 Å². The Morgan fingerprint density at radius 1 is 1.20 bits per heavy atom. The Morgan fingerprint density at radius 2 is 1.80 bits per heavy atom. The lowest BCUT2D eigenvalue weighted by molar-refractivity contribution is 0.464. The topological polar surface area (TPSA) is 0 Å². The molecule has 0 heterocycles. The second-order valence-electron chi connectivity index (χ2n) is 4.36. The highest BCUT2D eigenvalue weighted by molar-refractivity contribution is 9.10. The Morgan fingerprint density at radius 3 is 2.33 bits per heavy atom. The fraction of sp³-hybridized carbons (Fsp3) is 0.538. The Labute approximate surface area is 105 Å². The van der Waals surface area contributed by atoms with Crippen molar-refractivity contribution in [1.82, 2.24) is 0 Å². The predicted molar refractivity (Wildman–Crippen MR) is 69.6 cm³/mol. The van der Waals surface area contributed by atoms with Crippen molar-refractivity contribution in [3.8, 4) is 0 Å². The number of halogens is 2. The van der Waals surface area contributed by atoms with Crippen LogP contribution < -0.4 is 0 Å². The maximum absolute atomic E-state index is 6.11. The molecular weight excluding hydrogens is 272 g/mol. The third kappa shape index (κ3) is 2.76. The molecule has 82 valence electrons. The normalized spacial score (nSPS) is 19.3. The quantitative estimate of drug-likeness (QED) is 0.689. The molecule has 0 bridgehead atoms. The van der Waals surface area contributed by atoms with Crippen molar-refractivity contribution in [2.45, 2.75) is 31.6 Å². The SMILES string of the molecule is ClCC(c1ccc(Br)cc1)C1CCCC1. The summed E-state index contributed by atoms with van der Waals surface area (Å²) in [4.78, 5) is 0. The van der Waals surface area contributed by atoms with E-state index in [1.165, 1.54) is 31.2 Å². The standard InChI is InChI=1S/C13H16BrCl/c14-12-7-5-11(6-8-12)13(9-15)10-3-1-2-4-10/h5-8,10,13H,1-4,9H2. The number of rotatable bonds is 3. The molecule has 1 aromatic rings. The van der Waals surface area contributed by atoms with Crippen LogP contribution in [0.25, 0.3) is 0 Å². The number of hydrogen-bond donors (Lipinski definition) is 0. The van der Waals surface area contributed by atoms with Gasteiger partial charge in [0.2, 0.25) is 0 Å². The van der Waals surface area contributed by atoms with Gasteiger partial charge < -0.3 is 0 Å². The Hall–Kier alpha value is -0.0100. The summed E-state index contributed by atoms with van der Waals surface area (Å²) in [5.74, 6) is 2.12. The predicted octanol–water partition coefficient (Wildman–Crippen LogP) is 4.96. The van der Waals surface area contributed by atoms with Gasteiger partial charge in [0.25, 0.3) is 0 Å². The summed E-state index contributed by atoms with van der Waals surface area (Å²) in [6.07, 6.45) is 5.48. The van der Waals surface area contributed by atoms with Crippen LogP contribution in [0.2, 0.25) is 0 Å². The Bertz CT molecular complexity index is 301. The maximum Gasteiger partial charge on any atom is 0.0294 e. The van der Waals surface area contributed by atoms with Crippen LogP contribution in [0, 0.1) is 5.92 Å². The first-order chi connectivity index (χ1) is 7.31. The van der Waals surface area contributed by atoms with E-state index in [0.29, 0.717) is 5.92 Å². The lowest BCUT2D eigenvalue weighted by Gasteiger charge is -2.21. The summed E-state index contributed by atoms with van der Waals surface area (Å²) in [7, 11) is 0. The molecule has 0 aromatic heterocycles. The molecule has 1 fully saturated rings. The first-order valence-corrected chi connectivity index (χ1v) is 6.95. The first kappa shape index (κ1) is 11.5. The third-order valence-corrected chi connectivity index (χ3v) is 4.29. The summed E-state index contributed by atoms with van der Waals surface area (Å²) < 4.78 is 1.14. The smallest absolute Gasteiger partial charge is 0.0294 e. The summed E-state index contributed by atoms with van der Waals surface area (Å²) in [5.41, 5.74) is 1.40. The molecule has 1 atom stereocenters. The van der Waals surface area contributed by atoms with E-state index in [2.05, 4.69) is 40.2 Å². The monoisotopic (exact) mass is 286 g/mol. The van der Waals surface area contributed by atoms with E-state index < -0.39 is 0 Å². The molecule has 1 aromatic carbocycles. The number of alkyl halides is 1. The third-order valence-electron chi connectivity index (χ3n) is 3.43. The van der Waals surface area contributed by atoms with E-state index in [-0.39, 0.29) is 0 Å². The summed E-state index contributed by atoms with van der Waals surface area (Å²) >= 11 is 9.58. The van der Waals surface area contributed by atoms with E-state index in [1.807, 2.05) is 0 Å². The minimum absolute atomic E-state index is 0.558. The molecule has 0 amide bonds. The minimum Gasteiger partial charge on any atom is -0.126 e. The second-order valence-corrected chi connectivity index (χ2v) is 5.58. The van der Waals surface area contributed by atoms with Gasteiger partial charge in [0.05, 0.1) is 0 Å². The van der Waals surface area contributed by atoms with Crippen LogP contribution in [0.5, 0.6) is 0 Å². The summed E-state index contributed by atoms with van der Waals surface area (Å²) in [6, 6.07) is 8.64. The maximum atomic E-state index is 6.11. The van der Waals surface area contributed by atoms with E-state index in [0.717, 1.165) is 16.3 Å². The van der Waals surface area contributed by atoms with Gasteiger partial charge in [-0.15, -0.1) is 11.6 Å². The molecule has 2 rings (SSSR count). The zero-order valence-corrected chi connectivity index (χ0v) is 11.1. The van der Waals surface area contributed by atoms with Gasteiger partial charge in [0, 0.05) is 16.3 Å². The van der Waals surface area contributed by atoms with Crippen molar-refractivity contribution >= 4 is 27.5 Å². The van der Waals surface area contributed by atoms with Crippen LogP contribution in [-0.4, -0.2) is 5.88 Å². The lowest BCUT2D eigenvalue weighted by atomic mass is 9.86. The van der Waals surface area contributed by atoms with Gasteiger partial charge in [0.1, 0.15) is 0 Å². The molecule has 15 heavy (non-hydrogen) atoms. The molecule has 1 saturated carbocycles. The van der Waals surface area contributed by atoms with Crippen molar-refractivity contribution in [3.63, 3.8) is 0 Å². The van der Waals surface area contributed by atoms with Crippen molar-refractivity contribution in [2.24, 2.45) is 5.92 Å². The van der Waals surface area contributed by atoms with Crippen molar-refractivity contribution < 1.29 is 0 Å². The molecular formula is C13H16BrCl. The Balaban J connectivity index is 2.14. The van der Waals surface area contributed by atoms with Gasteiger partial charge >= 0.3 is 0 Å². The van der Waals surface area contributed by atoms with Crippen LogP contribution in [0.3, 0.4) is 0 Å². The van der Waals surface area contributed by atoms with E-state index in [9.17, 15) is 0 Å². The lowest BCUT2D eigenvalue weighted by Crippen LogP contribution is -2.11. The highest BCUT2D eigenvalue weighted by atomic mass is 79.9. The van der Waals surface area contributed by atoms with E-state index in [1.54, 1.807) is 0 Å². The van der Waals surface area contributed by atoms with E-state index >= 15 is 0 Å². The van der Waals surface area contributed by atoms with Gasteiger partial charge in [-0.3, -0.25) is 0 Å². The molecule has 0 aliphatic heterocycles. The van der Waals surface area contributed by atoms with Crippen molar-refractivity contribution in [3.05, 3.63) is 34.3 Å². The Kier molecular flexibility index (Phi) is 4.10. The molecule has 1 unspecified atom stereocenters.